The molecule has 1 heterocycles. The lowest BCUT2D eigenvalue weighted by atomic mass is 9.89. The van der Waals surface area contributed by atoms with Gasteiger partial charge in [-0.05, 0) is 96.9 Å². The Morgan fingerprint density at radius 2 is 1.11 bits per heavy atom. The van der Waals surface area contributed by atoms with Gasteiger partial charge in [-0.3, -0.25) is 0 Å². The number of hydrogen-bond acceptors (Lipinski definition) is 0. The van der Waals surface area contributed by atoms with Crippen LogP contribution in [-0.2, 0) is 45.1 Å². The number of aryl methyl sites for hydroxylation is 7. The third-order valence-corrected chi connectivity index (χ3v) is 8.56. The first-order valence-electron chi connectivity index (χ1n) is 13.5. The van der Waals surface area contributed by atoms with Crippen molar-refractivity contribution in [2.24, 2.45) is 0 Å². The quantitative estimate of drug-likeness (QED) is 0.184. The number of alkyl halides is 1. The van der Waals surface area contributed by atoms with Crippen molar-refractivity contribution in [2.45, 2.75) is 57.9 Å². The molecular weight excluding hydrogens is 502 g/mol. The van der Waals surface area contributed by atoms with Crippen molar-refractivity contribution in [3.63, 3.8) is 0 Å². The zero-order valence-electron chi connectivity index (χ0n) is 21.0. The van der Waals surface area contributed by atoms with Gasteiger partial charge in [0.1, 0.15) is 0 Å². The molecule has 0 atom stereocenters. The highest BCUT2D eigenvalue weighted by Crippen LogP contribution is 2.29. The van der Waals surface area contributed by atoms with E-state index >= 15 is 0 Å². The van der Waals surface area contributed by atoms with Crippen molar-refractivity contribution >= 4 is 37.7 Å². The van der Waals surface area contributed by atoms with Crippen molar-refractivity contribution in [3.8, 4) is 0 Å². The van der Waals surface area contributed by atoms with Crippen LogP contribution < -0.4 is 0 Å². The molecule has 0 spiro atoms. The van der Waals surface area contributed by atoms with Gasteiger partial charge in [-0.2, -0.15) is 0 Å². The van der Waals surface area contributed by atoms with E-state index in [0.29, 0.717) is 0 Å². The summed E-state index contributed by atoms with van der Waals surface area (Å²) in [5, 5.41) is 3.81. The summed E-state index contributed by atoms with van der Waals surface area (Å²) < 4.78 is 2.53. The number of benzene rings is 4. The SMILES string of the molecule is BrCCCc1cc2ccc1CCc1ccc(cc1CCCn1c3ccccc3c3ccccc31)CC2. The van der Waals surface area contributed by atoms with Gasteiger partial charge in [0.05, 0.1) is 0 Å². The molecule has 0 saturated carbocycles. The lowest BCUT2D eigenvalue weighted by Gasteiger charge is -2.17. The van der Waals surface area contributed by atoms with Crippen molar-refractivity contribution in [1.29, 1.82) is 0 Å². The van der Waals surface area contributed by atoms with E-state index in [1.807, 2.05) is 0 Å². The molecule has 0 fully saturated rings. The van der Waals surface area contributed by atoms with Gasteiger partial charge in [0.2, 0.25) is 0 Å². The molecule has 0 amide bonds. The minimum Gasteiger partial charge on any atom is -0.340 e. The van der Waals surface area contributed by atoms with Crippen LogP contribution >= 0.6 is 15.9 Å². The number of halogens is 1. The van der Waals surface area contributed by atoms with Gasteiger partial charge in [0, 0.05) is 33.7 Å². The summed E-state index contributed by atoms with van der Waals surface area (Å²) in [6.07, 6.45) is 9.19. The summed E-state index contributed by atoms with van der Waals surface area (Å²) >= 11 is 3.63. The van der Waals surface area contributed by atoms with E-state index in [4.69, 9.17) is 0 Å². The highest BCUT2D eigenvalue weighted by Gasteiger charge is 2.13. The highest BCUT2D eigenvalue weighted by molar-refractivity contribution is 9.09. The number of para-hydroxylation sites is 2. The molecule has 4 aliphatic carbocycles. The van der Waals surface area contributed by atoms with Crippen LogP contribution in [0.25, 0.3) is 21.8 Å². The van der Waals surface area contributed by atoms with Crippen LogP contribution in [0.1, 0.15) is 46.2 Å². The maximum absolute atomic E-state index is 3.63. The summed E-state index contributed by atoms with van der Waals surface area (Å²) in [6.45, 7) is 1.05. The fraction of sp³-hybridized carbons (Fsp3) is 0.294. The van der Waals surface area contributed by atoms with E-state index in [-0.39, 0.29) is 0 Å². The summed E-state index contributed by atoms with van der Waals surface area (Å²) in [5.74, 6) is 0. The van der Waals surface area contributed by atoms with E-state index in [2.05, 4.69) is 105 Å². The molecule has 0 unspecified atom stereocenters. The zero-order valence-corrected chi connectivity index (χ0v) is 22.6. The van der Waals surface area contributed by atoms with Gasteiger partial charge >= 0.3 is 0 Å². The van der Waals surface area contributed by atoms with E-state index in [1.54, 1.807) is 16.7 Å². The van der Waals surface area contributed by atoms with Crippen LogP contribution in [0, 0.1) is 0 Å². The normalized spacial score (nSPS) is 13.4. The van der Waals surface area contributed by atoms with Crippen LogP contribution in [0.15, 0.2) is 84.9 Å². The first kappa shape index (κ1) is 23.6. The molecular formula is C34H34BrN. The third-order valence-electron chi connectivity index (χ3n) is 7.99. The predicted octanol–water partition coefficient (Wildman–Crippen LogP) is 8.64. The number of aromatic nitrogens is 1. The summed E-state index contributed by atoms with van der Waals surface area (Å²) in [4.78, 5) is 0. The highest BCUT2D eigenvalue weighted by atomic mass is 79.9. The summed E-state index contributed by atoms with van der Waals surface area (Å²) in [5.41, 5.74) is 11.9. The number of fused-ring (bicyclic) bond motifs is 3. The second-order valence-electron chi connectivity index (χ2n) is 10.3. The molecule has 4 bridgehead atoms. The predicted molar refractivity (Wildman–Crippen MR) is 158 cm³/mol. The van der Waals surface area contributed by atoms with Crippen LogP contribution in [0.2, 0.25) is 0 Å². The Morgan fingerprint density at radius 3 is 1.67 bits per heavy atom. The van der Waals surface area contributed by atoms with E-state index in [0.717, 1.165) is 50.4 Å². The maximum atomic E-state index is 3.63. The molecule has 4 aliphatic rings. The second-order valence-corrected chi connectivity index (χ2v) is 11.1. The fourth-order valence-electron chi connectivity index (χ4n) is 6.11. The number of nitrogens with zero attached hydrogens (tertiary/aromatic N) is 1. The van der Waals surface area contributed by atoms with Gasteiger partial charge in [-0.1, -0.05) is 88.7 Å². The number of hydrogen-bond donors (Lipinski definition) is 0. The van der Waals surface area contributed by atoms with Gasteiger partial charge < -0.3 is 4.57 Å². The minimum absolute atomic E-state index is 1.05. The molecule has 182 valence electrons. The Bertz CT molecular complexity index is 1460. The lowest BCUT2D eigenvalue weighted by molar-refractivity contribution is 0.673. The Kier molecular flexibility index (Phi) is 6.96. The molecule has 0 aliphatic heterocycles. The molecule has 0 radical (unpaired) electrons. The van der Waals surface area contributed by atoms with Crippen molar-refractivity contribution < 1.29 is 0 Å². The largest absolute Gasteiger partial charge is 0.340 e. The Labute approximate surface area is 223 Å². The van der Waals surface area contributed by atoms with Crippen LogP contribution in [-0.4, -0.2) is 9.90 Å². The summed E-state index contributed by atoms with van der Waals surface area (Å²) in [7, 11) is 0. The molecule has 1 aromatic heterocycles. The molecule has 5 aromatic rings. The summed E-state index contributed by atoms with van der Waals surface area (Å²) in [6, 6.07) is 32.3. The Hall–Kier alpha value is -2.84. The molecule has 4 aromatic carbocycles. The monoisotopic (exact) mass is 535 g/mol. The Morgan fingerprint density at radius 1 is 0.583 bits per heavy atom. The van der Waals surface area contributed by atoms with Crippen molar-refractivity contribution in [3.05, 3.63) is 118 Å². The van der Waals surface area contributed by atoms with Gasteiger partial charge in [-0.15, -0.1) is 0 Å². The van der Waals surface area contributed by atoms with Gasteiger partial charge in [0.15, 0.2) is 0 Å². The molecule has 0 saturated heterocycles. The third kappa shape index (κ3) is 4.76. The number of rotatable bonds is 7. The Balaban J connectivity index is 1.24. The topological polar surface area (TPSA) is 4.93 Å². The van der Waals surface area contributed by atoms with Gasteiger partial charge in [-0.25, -0.2) is 0 Å². The van der Waals surface area contributed by atoms with Crippen molar-refractivity contribution in [1.82, 2.24) is 4.57 Å². The molecule has 9 rings (SSSR count). The first-order chi connectivity index (χ1) is 17.8. The maximum Gasteiger partial charge on any atom is 0.0491 e. The van der Waals surface area contributed by atoms with E-state index in [1.165, 1.54) is 51.3 Å². The zero-order chi connectivity index (χ0) is 24.3. The second kappa shape index (κ2) is 10.6. The molecule has 36 heavy (non-hydrogen) atoms. The van der Waals surface area contributed by atoms with Crippen LogP contribution in [0.3, 0.4) is 0 Å². The lowest BCUT2D eigenvalue weighted by Crippen LogP contribution is -2.06. The average Bonchev–Trinajstić information content (AvgIpc) is 3.23. The van der Waals surface area contributed by atoms with Gasteiger partial charge in [0.25, 0.3) is 0 Å². The standard InChI is InChI=1S/C34H34BrN/c35-21-5-7-29-23-25-13-14-26-16-18-28(20-19-27(29)17-15-25)30(24-26)8-6-22-36-33-11-3-1-9-31(33)32-10-2-4-12-34(32)36/h1-4,9-12,15-18,23-24H,5-8,13-14,19-22H2. The minimum atomic E-state index is 1.05. The van der Waals surface area contributed by atoms with Crippen LogP contribution in [0.4, 0.5) is 0 Å². The van der Waals surface area contributed by atoms with Crippen molar-refractivity contribution in [2.75, 3.05) is 5.33 Å². The smallest absolute Gasteiger partial charge is 0.0491 e. The molecule has 2 heteroatoms. The van der Waals surface area contributed by atoms with Crippen LogP contribution in [0.5, 0.6) is 0 Å². The van der Waals surface area contributed by atoms with E-state index in [9.17, 15) is 0 Å². The van der Waals surface area contributed by atoms with E-state index < -0.39 is 0 Å². The average molecular weight is 537 g/mol. The molecule has 0 N–H and O–H groups in total. The molecule has 1 nitrogen and oxygen atoms in total. The fourth-order valence-corrected chi connectivity index (χ4v) is 6.39. The first-order valence-corrected chi connectivity index (χ1v) is 14.7.